The Morgan fingerprint density at radius 1 is 1.14 bits per heavy atom. The number of aryl methyl sites for hydroxylation is 2. The largest absolute Gasteiger partial charge is 0.472 e. The summed E-state index contributed by atoms with van der Waals surface area (Å²) in [6.45, 7) is 2.39. The summed E-state index contributed by atoms with van der Waals surface area (Å²) in [6.07, 6.45) is 3.48. The van der Waals surface area contributed by atoms with Crippen LogP contribution in [0.3, 0.4) is 0 Å². The third-order valence-corrected chi connectivity index (χ3v) is 7.78. The first-order chi connectivity index (χ1) is 17.0. The monoisotopic (exact) mass is 540 g/mol. The SMILES string of the molecule is Cn1nc(Br)c2c1c1c(OCc3ccccc3)nc(OC[C@@]34CCCN3C/C(=C\F)C4)nc1n2C. The molecule has 0 amide bonds. The third-order valence-electron chi connectivity index (χ3n) is 7.24. The average Bonchev–Trinajstić information content (AvgIpc) is 3.57. The number of hydrogen-bond donors (Lipinski definition) is 0. The lowest BCUT2D eigenvalue weighted by Gasteiger charge is -2.30. The molecule has 5 heterocycles. The van der Waals surface area contributed by atoms with Crippen LogP contribution in [0.2, 0.25) is 0 Å². The van der Waals surface area contributed by atoms with Gasteiger partial charge in [-0.2, -0.15) is 15.1 Å². The van der Waals surface area contributed by atoms with Crippen molar-refractivity contribution in [2.24, 2.45) is 14.1 Å². The lowest BCUT2D eigenvalue weighted by Crippen LogP contribution is -2.43. The van der Waals surface area contributed by atoms with E-state index in [1.165, 1.54) is 0 Å². The van der Waals surface area contributed by atoms with Crippen molar-refractivity contribution < 1.29 is 13.9 Å². The van der Waals surface area contributed by atoms with Gasteiger partial charge in [-0.3, -0.25) is 9.58 Å². The maximum Gasteiger partial charge on any atom is 0.321 e. The summed E-state index contributed by atoms with van der Waals surface area (Å²) in [7, 11) is 3.84. The lowest BCUT2D eigenvalue weighted by molar-refractivity contribution is 0.107. The number of aromatic nitrogens is 5. The molecule has 0 unspecified atom stereocenters. The Morgan fingerprint density at radius 2 is 1.97 bits per heavy atom. The molecule has 2 aliphatic rings. The molecule has 4 aromatic rings. The lowest BCUT2D eigenvalue weighted by atomic mass is 9.94. The van der Waals surface area contributed by atoms with Crippen molar-refractivity contribution in [1.82, 2.24) is 29.2 Å². The van der Waals surface area contributed by atoms with Gasteiger partial charge in [0, 0.05) is 20.6 Å². The van der Waals surface area contributed by atoms with Crippen molar-refractivity contribution in [1.29, 1.82) is 0 Å². The highest BCUT2D eigenvalue weighted by Crippen LogP contribution is 2.42. The number of rotatable bonds is 6. The Balaban J connectivity index is 1.39. The molecule has 0 N–H and O–H groups in total. The van der Waals surface area contributed by atoms with Crippen LogP contribution in [0.1, 0.15) is 24.8 Å². The highest BCUT2D eigenvalue weighted by atomic mass is 79.9. The van der Waals surface area contributed by atoms with E-state index in [0.717, 1.165) is 57.9 Å². The predicted molar refractivity (Wildman–Crippen MR) is 134 cm³/mol. The number of fused-ring (bicyclic) bond motifs is 4. The molecule has 10 heteroatoms. The maximum atomic E-state index is 13.3. The molecule has 182 valence electrons. The Morgan fingerprint density at radius 3 is 2.77 bits per heavy atom. The summed E-state index contributed by atoms with van der Waals surface area (Å²) in [5, 5.41) is 5.30. The zero-order chi connectivity index (χ0) is 24.2. The molecule has 0 radical (unpaired) electrons. The first kappa shape index (κ1) is 22.5. The van der Waals surface area contributed by atoms with Gasteiger partial charge in [-0.1, -0.05) is 30.3 Å². The molecule has 0 aliphatic carbocycles. The smallest absolute Gasteiger partial charge is 0.321 e. The minimum absolute atomic E-state index is 0.201. The van der Waals surface area contributed by atoms with Crippen molar-refractivity contribution in [3.8, 4) is 11.9 Å². The second kappa shape index (κ2) is 8.60. The minimum Gasteiger partial charge on any atom is -0.472 e. The molecule has 1 aromatic carbocycles. The molecule has 2 aliphatic heterocycles. The summed E-state index contributed by atoms with van der Waals surface area (Å²) < 4.78 is 30.3. The zero-order valence-electron chi connectivity index (χ0n) is 19.7. The highest BCUT2D eigenvalue weighted by Gasteiger charge is 2.47. The average molecular weight is 541 g/mol. The van der Waals surface area contributed by atoms with Gasteiger partial charge in [0.05, 0.1) is 11.9 Å². The predicted octanol–water partition coefficient (Wildman–Crippen LogP) is 4.67. The van der Waals surface area contributed by atoms with E-state index in [4.69, 9.17) is 19.4 Å². The van der Waals surface area contributed by atoms with Crippen LogP contribution in [0.25, 0.3) is 22.1 Å². The van der Waals surface area contributed by atoms with Gasteiger partial charge in [-0.15, -0.1) is 0 Å². The third kappa shape index (κ3) is 3.70. The fourth-order valence-corrected chi connectivity index (χ4v) is 6.26. The van der Waals surface area contributed by atoms with Gasteiger partial charge < -0.3 is 14.0 Å². The molecule has 2 saturated heterocycles. The van der Waals surface area contributed by atoms with E-state index in [2.05, 4.69) is 25.9 Å². The molecule has 35 heavy (non-hydrogen) atoms. The van der Waals surface area contributed by atoms with Crippen molar-refractivity contribution in [2.45, 2.75) is 31.4 Å². The van der Waals surface area contributed by atoms with Gasteiger partial charge in [0.25, 0.3) is 0 Å². The Bertz CT molecular complexity index is 1450. The van der Waals surface area contributed by atoms with Crippen molar-refractivity contribution >= 4 is 38.0 Å². The second-order valence-electron chi connectivity index (χ2n) is 9.44. The van der Waals surface area contributed by atoms with Crippen LogP contribution >= 0.6 is 15.9 Å². The first-order valence-electron chi connectivity index (χ1n) is 11.7. The summed E-state index contributed by atoms with van der Waals surface area (Å²) in [5.41, 5.74) is 4.16. The van der Waals surface area contributed by atoms with Gasteiger partial charge in [0.15, 0.2) is 10.3 Å². The number of halogens is 2. The molecular formula is C25H26BrFN6O2. The molecular weight excluding hydrogens is 515 g/mol. The van der Waals surface area contributed by atoms with Crippen molar-refractivity contribution in [3.05, 3.63) is 52.4 Å². The van der Waals surface area contributed by atoms with E-state index >= 15 is 0 Å². The Hall–Kier alpha value is -2.98. The van der Waals surface area contributed by atoms with Crippen LogP contribution in [0.15, 0.2) is 46.8 Å². The zero-order valence-corrected chi connectivity index (χ0v) is 21.3. The number of nitrogens with zero attached hydrogens (tertiary/aromatic N) is 6. The topological polar surface area (TPSA) is 70.2 Å². The van der Waals surface area contributed by atoms with Gasteiger partial charge in [0.1, 0.15) is 29.6 Å². The molecule has 6 rings (SSSR count). The summed E-state index contributed by atoms with van der Waals surface area (Å²) in [6, 6.07) is 10.2. The highest BCUT2D eigenvalue weighted by molar-refractivity contribution is 9.10. The van der Waals surface area contributed by atoms with Crippen LogP contribution in [0, 0.1) is 0 Å². The first-order valence-corrected chi connectivity index (χ1v) is 12.5. The molecule has 0 saturated carbocycles. The quantitative estimate of drug-likeness (QED) is 0.354. The van der Waals surface area contributed by atoms with Crippen LogP contribution in [0.5, 0.6) is 11.9 Å². The molecule has 3 aromatic heterocycles. The summed E-state index contributed by atoms with van der Waals surface area (Å²) in [5.74, 6) is 0.450. The standard InChI is InChI=1S/C25H26BrFN6O2/c1-31-20-19(32(2)30-21(20)26)18-22(31)28-24(29-23(18)34-14-16-7-4-3-5-8-16)35-15-25-9-6-10-33(25)13-17(11-25)12-27/h3-5,7-8,12H,6,9-11,13-15H2,1-2H3/b17-12-/t25-/m0/s1. The molecule has 2 fully saturated rings. The number of ether oxygens (including phenoxy) is 2. The van der Waals surface area contributed by atoms with E-state index in [9.17, 15) is 4.39 Å². The molecule has 8 nitrogen and oxygen atoms in total. The van der Waals surface area contributed by atoms with Crippen molar-refractivity contribution in [3.63, 3.8) is 0 Å². The van der Waals surface area contributed by atoms with Crippen LogP contribution in [-0.4, -0.2) is 54.5 Å². The Labute approximate surface area is 210 Å². The fraction of sp³-hybridized carbons (Fsp3) is 0.400. The fourth-order valence-electron chi connectivity index (χ4n) is 5.57. The maximum absolute atomic E-state index is 13.3. The number of hydrogen-bond acceptors (Lipinski definition) is 6. The molecule has 1 atom stereocenters. The van der Waals surface area contributed by atoms with E-state index < -0.39 is 0 Å². The molecule has 0 spiro atoms. The second-order valence-corrected chi connectivity index (χ2v) is 10.2. The van der Waals surface area contributed by atoms with Gasteiger partial charge in [0.2, 0.25) is 5.88 Å². The van der Waals surface area contributed by atoms with Crippen molar-refractivity contribution in [2.75, 3.05) is 19.7 Å². The van der Waals surface area contributed by atoms with Crippen LogP contribution in [0.4, 0.5) is 4.39 Å². The Kier molecular flexibility index (Phi) is 5.52. The normalized spacial score (nSPS) is 21.4. The van der Waals surface area contributed by atoms with E-state index in [-0.39, 0.29) is 11.5 Å². The van der Waals surface area contributed by atoms with Gasteiger partial charge in [-0.05, 0) is 52.9 Å². The number of benzene rings is 1. The van der Waals surface area contributed by atoms with Gasteiger partial charge in [-0.25, -0.2) is 4.39 Å². The van der Waals surface area contributed by atoms with Crippen LogP contribution in [-0.2, 0) is 20.7 Å². The van der Waals surface area contributed by atoms with E-state index in [1.54, 1.807) is 4.68 Å². The van der Waals surface area contributed by atoms with Crippen LogP contribution < -0.4 is 9.47 Å². The minimum atomic E-state index is -0.201. The van der Waals surface area contributed by atoms with E-state index in [1.807, 2.05) is 49.0 Å². The summed E-state index contributed by atoms with van der Waals surface area (Å²) >= 11 is 3.57. The van der Waals surface area contributed by atoms with E-state index in [0.29, 0.717) is 37.7 Å². The summed E-state index contributed by atoms with van der Waals surface area (Å²) in [4.78, 5) is 11.8. The van der Waals surface area contributed by atoms with Gasteiger partial charge >= 0.3 is 6.01 Å². The molecule has 0 bridgehead atoms.